The van der Waals surface area contributed by atoms with Crippen molar-refractivity contribution in [2.45, 2.75) is 26.7 Å². The van der Waals surface area contributed by atoms with E-state index in [2.05, 4.69) is 0 Å². The van der Waals surface area contributed by atoms with Gasteiger partial charge in [0.15, 0.2) is 0 Å². The maximum Gasteiger partial charge on any atom is 0.328 e. The zero-order valence-corrected chi connectivity index (χ0v) is 15.2. The average molecular weight is 368 g/mol. The van der Waals surface area contributed by atoms with Crippen molar-refractivity contribution in [2.24, 2.45) is 5.92 Å². The van der Waals surface area contributed by atoms with Crippen LogP contribution < -0.4 is 5.73 Å². The van der Waals surface area contributed by atoms with Gasteiger partial charge in [0.25, 0.3) is 0 Å². The lowest BCUT2D eigenvalue weighted by Gasteiger charge is -2.29. The van der Waals surface area contributed by atoms with Gasteiger partial charge in [0, 0.05) is 24.9 Å². The maximum atomic E-state index is 13.8. The Hall–Kier alpha value is -3.15. The number of carboxylic acid groups (broad SMARTS) is 1. The van der Waals surface area contributed by atoms with Gasteiger partial charge in [-0.15, -0.1) is 0 Å². The zero-order chi connectivity index (χ0) is 19.7. The SMILES string of the molecule is CC(=O)N1C=CC(c2cc(N)cc(F)c2)=C(C)/C1=C(/C=C/C(=O)O)C1CC1. The van der Waals surface area contributed by atoms with Crippen molar-refractivity contribution in [3.8, 4) is 0 Å². The van der Waals surface area contributed by atoms with Crippen LogP contribution >= 0.6 is 0 Å². The number of benzene rings is 1. The van der Waals surface area contributed by atoms with E-state index in [4.69, 9.17) is 10.8 Å². The van der Waals surface area contributed by atoms with Crippen LogP contribution in [0.5, 0.6) is 0 Å². The molecule has 0 bridgehead atoms. The molecule has 1 heterocycles. The molecule has 3 N–H and O–H groups in total. The molecule has 1 aromatic rings. The van der Waals surface area contributed by atoms with E-state index in [1.165, 1.54) is 24.0 Å². The smallest absolute Gasteiger partial charge is 0.328 e. The van der Waals surface area contributed by atoms with Crippen molar-refractivity contribution in [3.05, 3.63) is 70.9 Å². The molecule has 1 fully saturated rings. The maximum absolute atomic E-state index is 13.8. The molecule has 1 saturated carbocycles. The Labute approximate surface area is 157 Å². The van der Waals surface area contributed by atoms with Crippen molar-refractivity contribution in [1.29, 1.82) is 0 Å². The molecule has 0 spiro atoms. The van der Waals surface area contributed by atoms with Crippen molar-refractivity contribution in [3.63, 3.8) is 0 Å². The van der Waals surface area contributed by atoms with Gasteiger partial charge in [-0.1, -0.05) is 0 Å². The molecule has 0 atom stereocenters. The summed E-state index contributed by atoms with van der Waals surface area (Å²) in [5.74, 6) is -1.46. The second-order valence-electron chi connectivity index (χ2n) is 6.77. The van der Waals surface area contributed by atoms with E-state index in [0.29, 0.717) is 16.9 Å². The van der Waals surface area contributed by atoms with E-state index in [1.807, 2.05) is 6.92 Å². The minimum atomic E-state index is -1.05. The van der Waals surface area contributed by atoms with Crippen molar-refractivity contribution >= 4 is 23.1 Å². The molecule has 0 unspecified atom stereocenters. The van der Waals surface area contributed by atoms with Crippen LogP contribution in [0.2, 0.25) is 0 Å². The molecule has 1 amide bonds. The van der Waals surface area contributed by atoms with E-state index in [9.17, 15) is 14.0 Å². The molecule has 6 heteroatoms. The van der Waals surface area contributed by atoms with Crippen LogP contribution in [0, 0.1) is 11.7 Å². The molecule has 140 valence electrons. The van der Waals surface area contributed by atoms with Crippen LogP contribution in [0.3, 0.4) is 0 Å². The first-order valence-corrected chi connectivity index (χ1v) is 8.68. The molecule has 0 radical (unpaired) electrons. The molecule has 1 aromatic carbocycles. The van der Waals surface area contributed by atoms with Crippen LogP contribution in [0.1, 0.15) is 32.3 Å². The summed E-state index contributed by atoms with van der Waals surface area (Å²) in [6.45, 7) is 3.30. The number of nitrogen functional groups attached to an aromatic ring is 1. The van der Waals surface area contributed by atoms with Gasteiger partial charge in [0.2, 0.25) is 5.91 Å². The normalized spacial score (nSPS) is 19.0. The highest BCUT2D eigenvalue weighted by Crippen LogP contribution is 2.43. The molecule has 1 aliphatic heterocycles. The molecule has 27 heavy (non-hydrogen) atoms. The largest absolute Gasteiger partial charge is 0.478 e. The summed E-state index contributed by atoms with van der Waals surface area (Å²) < 4.78 is 13.8. The van der Waals surface area contributed by atoms with Crippen LogP contribution in [-0.4, -0.2) is 21.9 Å². The van der Waals surface area contributed by atoms with Crippen molar-refractivity contribution < 1.29 is 19.1 Å². The average Bonchev–Trinajstić information content (AvgIpc) is 3.39. The number of anilines is 1. The Morgan fingerprint density at radius 3 is 2.52 bits per heavy atom. The Bertz CT molecular complexity index is 916. The number of carboxylic acids is 1. The number of amides is 1. The van der Waals surface area contributed by atoms with Gasteiger partial charge in [-0.05, 0) is 78.3 Å². The van der Waals surface area contributed by atoms with Gasteiger partial charge < -0.3 is 10.8 Å². The molecule has 0 aromatic heterocycles. The molecule has 0 saturated heterocycles. The van der Waals surface area contributed by atoms with Crippen LogP contribution in [-0.2, 0) is 9.59 Å². The van der Waals surface area contributed by atoms with Crippen molar-refractivity contribution in [1.82, 2.24) is 4.90 Å². The van der Waals surface area contributed by atoms with Gasteiger partial charge >= 0.3 is 5.97 Å². The second kappa shape index (κ2) is 7.23. The third kappa shape index (κ3) is 4.00. The fraction of sp³-hybridized carbons (Fsp3) is 0.238. The molecular weight excluding hydrogens is 347 g/mol. The Morgan fingerprint density at radius 2 is 1.96 bits per heavy atom. The molecular formula is C21H21FN2O3. The number of aliphatic carboxylic acids is 1. The monoisotopic (exact) mass is 368 g/mol. The summed E-state index contributed by atoms with van der Waals surface area (Å²) in [6.07, 6.45) is 7.91. The number of rotatable bonds is 4. The Balaban J connectivity index is 2.21. The summed E-state index contributed by atoms with van der Waals surface area (Å²) in [7, 11) is 0. The first-order valence-electron chi connectivity index (χ1n) is 8.68. The van der Waals surface area contributed by atoms with Gasteiger partial charge in [0.1, 0.15) is 5.82 Å². The van der Waals surface area contributed by atoms with Crippen LogP contribution in [0.25, 0.3) is 5.57 Å². The lowest BCUT2D eigenvalue weighted by Crippen LogP contribution is -2.27. The first-order chi connectivity index (χ1) is 12.8. The van der Waals surface area contributed by atoms with Gasteiger partial charge in [-0.3, -0.25) is 9.69 Å². The highest BCUT2D eigenvalue weighted by atomic mass is 19.1. The highest BCUT2D eigenvalue weighted by molar-refractivity contribution is 5.88. The number of hydrogen-bond donors (Lipinski definition) is 2. The standard InChI is InChI=1S/C21H21FN2O3/c1-12-18(15-9-16(22)11-17(23)10-15)7-8-24(13(2)25)21(12)19(14-3-4-14)5-6-20(26)27/h5-11,14H,3-4,23H2,1-2H3,(H,26,27)/b6-5+,21-19+. The molecule has 1 aliphatic carbocycles. The second-order valence-corrected chi connectivity index (χ2v) is 6.77. The Morgan fingerprint density at radius 1 is 1.26 bits per heavy atom. The van der Waals surface area contributed by atoms with E-state index in [1.54, 1.807) is 24.4 Å². The van der Waals surface area contributed by atoms with Crippen LogP contribution in [0.15, 0.2) is 59.5 Å². The predicted molar refractivity (Wildman–Crippen MR) is 102 cm³/mol. The number of nitrogens with two attached hydrogens (primary N) is 1. The van der Waals surface area contributed by atoms with E-state index in [0.717, 1.165) is 35.6 Å². The third-order valence-electron chi connectivity index (χ3n) is 4.66. The fourth-order valence-electron chi connectivity index (χ4n) is 3.32. The van der Waals surface area contributed by atoms with Crippen molar-refractivity contribution in [2.75, 3.05) is 5.73 Å². The molecule has 2 aliphatic rings. The first kappa shape index (κ1) is 18.6. The number of carbonyl (C=O) groups excluding carboxylic acids is 1. The topological polar surface area (TPSA) is 83.6 Å². The van der Waals surface area contributed by atoms with Gasteiger partial charge in [0.05, 0.1) is 5.70 Å². The van der Waals surface area contributed by atoms with Crippen LogP contribution in [0.4, 0.5) is 10.1 Å². The minimum Gasteiger partial charge on any atom is -0.478 e. The quantitative estimate of drug-likeness (QED) is 0.624. The summed E-state index contributed by atoms with van der Waals surface area (Å²) >= 11 is 0. The van der Waals surface area contributed by atoms with Gasteiger partial charge in [-0.2, -0.15) is 0 Å². The predicted octanol–water partition coefficient (Wildman–Crippen LogP) is 3.86. The molecule has 3 rings (SSSR count). The third-order valence-corrected chi connectivity index (χ3v) is 4.66. The van der Waals surface area contributed by atoms with Gasteiger partial charge in [-0.25, -0.2) is 9.18 Å². The summed E-state index contributed by atoms with van der Waals surface area (Å²) in [6, 6.07) is 4.32. The lowest BCUT2D eigenvalue weighted by atomic mass is 9.91. The Kier molecular flexibility index (Phi) is 4.99. The fourth-order valence-corrected chi connectivity index (χ4v) is 3.32. The van der Waals surface area contributed by atoms with E-state index >= 15 is 0 Å². The lowest BCUT2D eigenvalue weighted by molar-refractivity contribution is -0.131. The minimum absolute atomic E-state index is 0.180. The highest BCUT2D eigenvalue weighted by Gasteiger charge is 2.32. The summed E-state index contributed by atoms with van der Waals surface area (Å²) in [5, 5.41) is 9.02. The number of halogens is 1. The number of hydrogen-bond acceptors (Lipinski definition) is 3. The molecule has 5 nitrogen and oxygen atoms in total. The summed E-state index contributed by atoms with van der Waals surface area (Å²) in [5.41, 5.74) is 9.68. The number of carbonyl (C=O) groups is 2. The van der Waals surface area contributed by atoms with E-state index in [-0.39, 0.29) is 11.8 Å². The summed E-state index contributed by atoms with van der Waals surface area (Å²) in [4.78, 5) is 24.7. The zero-order valence-electron chi connectivity index (χ0n) is 15.2. The number of allylic oxidation sites excluding steroid dienone is 5. The number of nitrogens with zero attached hydrogens (tertiary/aromatic N) is 1. The van der Waals surface area contributed by atoms with E-state index < -0.39 is 11.8 Å².